The predicted octanol–water partition coefficient (Wildman–Crippen LogP) is 5.07. The third-order valence-electron chi connectivity index (χ3n) is 3.43. The summed E-state index contributed by atoms with van der Waals surface area (Å²) in [5, 5.41) is 11.0. The Kier molecular flexibility index (Phi) is 4.91. The van der Waals surface area contributed by atoms with E-state index in [9.17, 15) is 9.90 Å². The molecule has 0 unspecified atom stereocenters. The van der Waals surface area contributed by atoms with Gasteiger partial charge in [0.25, 0.3) is 0 Å². The Balaban J connectivity index is 0.000000595. The van der Waals surface area contributed by atoms with Crippen LogP contribution >= 0.6 is 11.6 Å². The molecule has 2 N–H and O–H groups in total. The molecule has 1 aromatic heterocycles. The minimum absolute atomic E-state index is 0.272. The van der Waals surface area contributed by atoms with Crippen LogP contribution in [0.5, 0.6) is 0 Å². The average Bonchev–Trinajstić information content (AvgIpc) is 2.81. The number of aryl methyl sites for hydroxylation is 1. The number of nitrogens with one attached hydrogen (secondary N) is 1. The molecular formula is C16H13ClN4O2. The van der Waals surface area contributed by atoms with E-state index in [1.807, 2.05) is 42.5 Å². The number of carbonyl (C=O) groups is 1. The predicted molar refractivity (Wildman–Crippen MR) is 89.8 cm³/mol. The SMILES string of the molecule is Cn1c(C(=O)O)c(-c2ccccc2)c2cc(Cl)ccc21.[N-]=[N+]=N. The van der Waals surface area contributed by atoms with E-state index >= 15 is 0 Å². The van der Waals surface area contributed by atoms with Gasteiger partial charge in [-0.2, -0.15) is 0 Å². The second-order valence-electron chi connectivity index (χ2n) is 4.72. The zero-order valence-corrected chi connectivity index (χ0v) is 12.9. The lowest BCUT2D eigenvalue weighted by molar-refractivity contribution is 0.0688. The zero-order chi connectivity index (χ0) is 17.0. The lowest BCUT2D eigenvalue weighted by Crippen LogP contribution is -2.05. The second kappa shape index (κ2) is 6.87. The lowest BCUT2D eigenvalue weighted by Gasteiger charge is -2.03. The Morgan fingerprint density at radius 1 is 1.26 bits per heavy atom. The molecule has 23 heavy (non-hydrogen) atoms. The molecule has 7 heteroatoms. The van der Waals surface area contributed by atoms with Crippen molar-refractivity contribution in [2.75, 3.05) is 0 Å². The molecule has 0 saturated carbocycles. The number of hydrogen-bond donors (Lipinski definition) is 2. The van der Waals surface area contributed by atoms with Gasteiger partial charge in [-0.1, -0.05) is 41.9 Å². The molecule has 2 aromatic carbocycles. The Bertz CT molecular complexity index is 897. The number of carboxylic acids is 1. The largest absolute Gasteiger partial charge is 0.477 e. The van der Waals surface area contributed by atoms with E-state index in [4.69, 9.17) is 22.7 Å². The van der Waals surface area contributed by atoms with Crippen molar-refractivity contribution in [2.45, 2.75) is 0 Å². The fourth-order valence-corrected chi connectivity index (χ4v) is 2.74. The number of aromatic nitrogens is 1. The molecule has 0 aliphatic heterocycles. The quantitative estimate of drug-likeness (QED) is 0.389. The molecule has 0 aliphatic carbocycles. The van der Waals surface area contributed by atoms with Gasteiger partial charge in [0, 0.05) is 28.5 Å². The highest BCUT2D eigenvalue weighted by atomic mass is 35.5. The van der Waals surface area contributed by atoms with Crippen LogP contribution in [0.15, 0.2) is 48.5 Å². The summed E-state index contributed by atoms with van der Waals surface area (Å²) in [6, 6.07) is 14.9. The topological polar surface area (TPSA) is 102 Å². The number of nitrogens with zero attached hydrogens (tertiary/aromatic N) is 3. The van der Waals surface area contributed by atoms with Crippen LogP contribution in [0.25, 0.3) is 32.5 Å². The van der Waals surface area contributed by atoms with Crippen molar-refractivity contribution in [3.05, 3.63) is 69.7 Å². The Hall–Kier alpha value is -2.95. The van der Waals surface area contributed by atoms with E-state index in [0.29, 0.717) is 10.6 Å². The van der Waals surface area contributed by atoms with Gasteiger partial charge in [-0.15, -0.1) is 5.53 Å². The van der Waals surface area contributed by atoms with Crippen molar-refractivity contribution < 1.29 is 9.90 Å². The molecule has 0 radical (unpaired) electrons. The monoisotopic (exact) mass is 328 g/mol. The van der Waals surface area contributed by atoms with E-state index in [0.717, 1.165) is 16.5 Å². The van der Waals surface area contributed by atoms with Crippen LogP contribution in [-0.2, 0) is 7.05 Å². The summed E-state index contributed by atoms with van der Waals surface area (Å²) in [7, 11) is 1.76. The summed E-state index contributed by atoms with van der Waals surface area (Å²) in [5.41, 5.74) is 15.0. The maximum Gasteiger partial charge on any atom is 0.353 e. The summed E-state index contributed by atoms with van der Waals surface area (Å²) < 4.78 is 1.69. The Labute approximate surface area is 137 Å². The standard InChI is InChI=1S/C16H12ClNO2.HN3/c1-18-13-8-7-11(17)9-12(13)14(15(18)16(19)20)10-5-3-2-4-6-10;1-3-2/h2-9H,1H3,(H,19,20);1H. The van der Waals surface area contributed by atoms with E-state index in [2.05, 4.69) is 0 Å². The van der Waals surface area contributed by atoms with Crippen LogP contribution in [0.3, 0.4) is 0 Å². The van der Waals surface area contributed by atoms with Crippen molar-refractivity contribution in [3.8, 4) is 11.1 Å². The fourth-order valence-electron chi connectivity index (χ4n) is 2.56. The van der Waals surface area contributed by atoms with Crippen LogP contribution in [0.4, 0.5) is 0 Å². The van der Waals surface area contributed by atoms with Gasteiger partial charge < -0.3 is 9.67 Å². The lowest BCUT2D eigenvalue weighted by atomic mass is 10.0. The van der Waals surface area contributed by atoms with Crippen molar-refractivity contribution >= 4 is 28.5 Å². The van der Waals surface area contributed by atoms with Gasteiger partial charge in [-0.3, -0.25) is 0 Å². The molecule has 0 saturated heterocycles. The molecule has 6 nitrogen and oxygen atoms in total. The normalized spacial score (nSPS) is 9.83. The maximum absolute atomic E-state index is 11.6. The minimum atomic E-state index is -0.946. The Morgan fingerprint density at radius 2 is 1.87 bits per heavy atom. The number of benzene rings is 2. The number of aromatic carboxylic acids is 1. The second-order valence-corrected chi connectivity index (χ2v) is 5.15. The highest BCUT2D eigenvalue weighted by molar-refractivity contribution is 6.31. The first-order chi connectivity index (χ1) is 11.0. The molecule has 0 fully saturated rings. The molecule has 0 atom stereocenters. The molecule has 116 valence electrons. The third kappa shape index (κ3) is 3.13. The number of fused-ring (bicyclic) bond motifs is 1. The molecular weight excluding hydrogens is 316 g/mol. The number of rotatable bonds is 2. The molecule has 0 amide bonds. The van der Waals surface area contributed by atoms with Crippen molar-refractivity contribution in [3.63, 3.8) is 0 Å². The first kappa shape index (κ1) is 16.4. The summed E-state index contributed by atoms with van der Waals surface area (Å²) in [4.78, 5) is 13.4. The summed E-state index contributed by atoms with van der Waals surface area (Å²) in [5.74, 6) is -0.946. The molecule has 3 aromatic rings. The van der Waals surface area contributed by atoms with Crippen molar-refractivity contribution in [1.29, 1.82) is 5.53 Å². The van der Waals surface area contributed by atoms with Gasteiger partial charge in [0.2, 0.25) is 0 Å². The van der Waals surface area contributed by atoms with Gasteiger partial charge in [0.15, 0.2) is 0 Å². The van der Waals surface area contributed by atoms with E-state index in [1.165, 1.54) is 0 Å². The number of hydrogen-bond acceptors (Lipinski definition) is 2. The van der Waals surface area contributed by atoms with Crippen LogP contribution in [-0.4, -0.2) is 15.6 Å². The highest BCUT2D eigenvalue weighted by Crippen LogP contribution is 2.35. The maximum atomic E-state index is 11.6. The first-order valence-corrected chi connectivity index (χ1v) is 6.96. The summed E-state index contributed by atoms with van der Waals surface area (Å²) >= 11 is 6.06. The van der Waals surface area contributed by atoms with Gasteiger partial charge >= 0.3 is 5.97 Å². The van der Waals surface area contributed by atoms with Crippen LogP contribution in [0.2, 0.25) is 5.02 Å². The third-order valence-corrected chi connectivity index (χ3v) is 3.66. The molecule has 0 spiro atoms. The Morgan fingerprint density at radius 3 is 2.43 bits per heavy atom. The van der Waals surface area contributed by atoms with Crippen LogP contribution in [0, 0.1) is 5.53 Å². The van der Waals surface area contributed by atoms with E-state index in [1.54, 1.807) is 22.6 Å². The summed E-state index contributed by atoms with van der Waals surface area (Å²) in [6.07, 6.45) is 0. The van der Waals surface area contributed by atoms with Crippen molar-refractivity contribution in [2.24, 2.45) is 7.05 Å². The van der Waals surface area contributed by atoms with Crippen molar-refractivity contribution in [1.82, 2.24) is 4.57 Å². The first-order valence-electron chi connectivity index (χ1n) is 6.58. The average molecular weight is 329 g/mol. The zero-order valence-electron chi connectivity index (χ0n) is 12.2. The van der Waals surface area contributed by atoms with E-state index in [-0.39, 0.29) is 5.69 Å². The van der Waals surface area contributed by atoms with Gasteiger partial charge in [0.05, 0.1) is 0 Å². The number of carboxylic acid groups (broad SMARTS) is 1. The highest BCUT2D eigenvalue weighted by Gasteiger charge is 2.21. The molecule has 3 rings (SSSR count). The molecule has 0 aliphatic rings. The fraction of sp³-hybridized carbons (Fsp3) is 0.0625. The van der Waals surface area contributed by atoms with Gasteiger partial charge in [-0.25, -0.2) is 4.79 Å². The van der Waals surface area contributed by atoms with Crippen LogP contribution < -0.4 is 0 Å². The van der Waals surface area contributed by atoms with Crippen LogP contribution in [0.1, 0.15) is 10.5 Å². The smallest absolute Gasteiger partial charge is 0.353 e. The van der Waals surface area contributed by atoms with Gasteiger partial charge in [-0.05, 0) is 34.2 Å². The van der Waals surface area contributed by atoms with Gasteiger partial charge in [0.1, 0.15) is 5.69 Å². The minimum Gasteiger partial charge on any atom is -0.477 e. The molecule has 1 heterocycles. The molecule has 0 bridgehead atoms. The van der Waals surface area contributed by atoms with E-state index < -0.39 is 5.97 Å². The number of halogens is 1. The summed E-state index contributed by atoms with van der Waals surface area (Å²) in [6.45, 7) is 0.